The first kappa shape index (κ1) is 18.7. The second-order valence-corrected chi connectivity index (χ2v) is 7.67. The van der Waals surface area contributed by atoms with Gasteiger partial charge in [0, 0.05) is 18.5 Å². The minimum atomic E-state index is -0.000266. The number of aromatic nitrogens is 1. The summed E-state index contributed by atoms with van der Waals surface area (Å²) >= 11 is 7.34. The van der Waals surface area contributed by atoms with Crippen molar-refractivity contribution in [3.05, 3.63) is 44.9 Å². The van der Waals surface area contributed by atoms with Crippen LogP contribution < -0.4 is 4.74 Å². The van der Waals surface area contributed by atoms with Crippen molar-refractivity contribution in [3.63, 3.8) is 0 Å². The number of halogens is 1. The van der Waals surface area contributed by atoms with Crippen molar-refractivity contribution in [1.29, 1.82) is 0 Å². The predicted octanol–water partition coefficient (Wildman–Crippen LogP) is 4.45. The topological polar surface area (TPSA) is 42.4 Å². The number of hydrogen-bond acceptors (Lipinski definition) is 4. The van der Waals surface area contributed by atoms with Crippen LogP contribution in [-0.4, -0.2) is 36.0 Å². The van der Waals surface area contributed by atoms with E-state index in [1.165, 1.54) is 11.3 Å². The largest absolute Gasteiger partial charge is 0.492 e. The highest BCUT2D eigenvalue weighted by atomic mass is 35.5. The van der Waals surface area contributed by atoms with Crippen LogP contribution in [0.1, 0.15) is 34.2 Å². The summed E-state index contributed by atoms with van der Waals surface area (Å²) in [6.45, 7) is 7.14. The quantitative estimate of drug-likeness (QED) is 0.726. The van der Waals surface area contributed by atoms with Gasteiger partial charge in [0.15, 0.2) is 0 Å². The van der Waals surface area contributed by atoms with E-state index in [2.05, 4.69) is 18.8 Å². The van der Waals surface area contributed by atoms with E-state index in [1.54, 1.807) is 24.1 Å². The molecule has 1 aromatic heterocycles. The van der Waals surface area contributed by atoms with Crippen LogP contribution in [0.4, 0.5) is 0 Å². The first-order valence-electron chi connectivity index (χ1n) is 7.97. The molecule has 24 heavy (non-hydrogen) atoms. The van der Waals surface area contributed by atoms with Gasteiger partial charge in [-0.25, -0.2) is 4.98 Å². The number of rotatable bonds is 7. The molecule has 0 fully saturated rings. The summed E-state index contributed by atoms with van der Waals surface area (Å²) in [6, 6.07) is 7.19. The molecule has 0 saturated carbocycles. The fourth-order valence-electron chi connectivity index (χ4n) is 2.19. The third-order valence-corrected chi connectivity index (χ3v) is 4.89. The summed E-state index contributed by atoms with van der Waals surface area (Å²) < 4.78 is 5.64. The minimum absolute atomic E-state index is 0.000266. The van der Waals surface area contributed by atoms with E-state index in [0.717, 1.165) is 27.7 Å². The molecule has 1 amide bonds. The van der Waals surface area contributed by atoms with Gasteiger partial charge < -0.3 is 9.64 Å². The highest BCUT2D eigenvalue weighted by Gasteiger charge is 2.19. The first-order valence-corrected chi connectivity index (χ1v) is 9.16. The van der Waals surface area contributed by atoms with Gasteiger partial charge in [0.1, 0.15) is 17.2 Å². The lowest BCUT2D eigenvalue weighted by Crippen LogP contribution is -2.30. The van der Waals surface area contributed by atoms with Crippen LogP contribution in [0.3, 0.4) is 0 Å². The van der Waals surface area contributed by atoms with Gasteiger partial charge in [0.2, 0.25) is 0 Å². The van der Waals surface area contributed by atoms with Crippen LogP contribution in [0.25, 0.3) is 0 Å². The van der Waals surface area contributed by atoms with Crippen LogP contribution in [0.2, 0.25) is 5.02 Å². The van der Waals surface area contributed by atoms with E-state index < -0.39 is 0 Å². The van der Waals surface area contributed by atoms with Crippen molar-refractivity contribution < 1.29 is 9.53 Å². The normalized spacial score (nSPS) is 10.9. The van der Waals surface area contributed by atoms with E-state index >= 15 is 0 Å². The zero-order valence-electron chi connectivity index (χ0n) is 14.5. The summed E-state index contributed by atoms with van der Waals surface area (Å²) in [6.07, 6.45) is 0.905. The van der Waals surface area contributed by atoms with Crippen molar-refractivity contribution in [2.24, 2.45) is 5.92 Å². The van der Waals surface area contributed by atoms with E-state index in [0.29, 0.717) is 24.1 Å². The van der Waals surface area contributed by atoms with Gasteiger partial charge in [0.05, 0.1) is 17.2 Å². The van der Waals surface area contributed by atoms with E-state index in [1.807, 2.05) is 19.1 Å². The Labute approximate surface area is 152 Å². The van der Waals surface area contributed by atoms with Gasteiger partial charge in [-0.15, -0.1) is 11.3 Å². The standard InChI is InChI=1S/C18H23ClN2O2S/c1-12(2)11-16-20-13(3)17(24-16)18(22)21(4)9-10-23-15-7-5-14(19)6-8-15/h5-8,12H,9-11H2,1-4H3. The Morgan fingerprint density at radius 3 is 2.62 bits per heavy atom. The van der Waals surface area contributed by atoms with E-state index in [-0.39, 0.29) is 5.91 Å². The number of likely N-dealkylation sites (N-methyl/N-ethyl adjacent to an activating group) is 1. The molecule has 0 atom stereocenters. The molecular formula is C18H23ClN2O2S. The monoisotopic (exact) mass is 366 g/mol. The number of benzene rings is 1. The molecule has 0 unspecified atom stereocenters. The first-order chi connectivity index (χ1) is 11.4. The molecule has 0 aliphatic rings. The zero-order valence-corrected chi connectivity index (χ0v) is 16.1. The lowest BCUT2D eigenvalue weighted by atomic mass is 10.1. The maximum atomic E-state index is 12.6. The van der Waals surface area contributed by atoms with Crippen LogP contribution in [0.15, 0.2) is 24.3 Å². The Balaban J connectivity index is 1.89. The average molecular weight is 367 g/mol. The van der Waals surface area contributed by atoms with E-state index in [4.69, 9.17) is 16.3 Å². The van der Waals surface area contributed by atoms with Gasteiger partial charge in [-0.3, -0.25) is 4.79 Å². The molecule has 0 bridgehead atoms. The maximum Gasteiger partial charge on any atom is 0.265 e. The van der Waals surface area contributed by atoms with Crippen LogP contribution >= 0.6 is 22.9 Å². The Bertz CT molecular complexity index is 683. The molecule has 1 heterocycles. The van der Waals surface area contributed by atoms with Gasteiger partial charge >= 0.3 is 0 Å². The summed E-state index contributed by atoms with van der Waals surface area (Å²) in [5, 5.41) is 1.70. The van der Waals surface area contributed by atoms with Crippen LogP contribution in [-0.2, 0) is 6.42 Å². The third kappa shape index (κ3) is 5.21. The summed E-state index contributed by atoms with van der Waals surface area (Å²) in [5.41, 5.74) is 0.811. The molecule has 1 aromatic carbocycles. The molecule has 0 aliphatic heterocycles. The highest BCUT2D eigenvalue weighted by Crippen LogP contribution is 2.22. The number of amides is 1. The number of ether oxygens (including phenoxy) is 1. The molecule has 0 saturated heterocycles. The van der Waals surface area contributed by atoms with Gasteiger partial charge in [-0.05, 0) is 37.1 Å². The van der Waals surface area contributed by atoms with Crippen LogP contribution in [0.5, 0.6) is 5.75 Å². The van der Waals surface area contributed by atoms with Crippen molar-refractivity contribution in [2.45, 2.75) is 27.2 Å². The Morgan fingerprint density at radius 2 is 2.00 bits per heavy atom. The maximum absolute atomic E-state index is 12.6. The van der Waals surface area contributed by atoms with Crippen LogP contribution in [0, 0.1) is 12.8 Å². The molecule has 4 nitrogen and oxygen atoms in total. The predicted molar refractivity (Wildman–Crippen MR) is 99.3 cm³/mol. The average Bonchev–Trinajstić information content (AvgIpc) is 2.88. The number of thiazole rings is 1. The van der Waals surface area contributed by atoms with Crippen molar-refractivity contribution in [3.8, 4) is 5.75 Å². The molecule has 2 aromatic rings. The SMILES string of the molecule is Cc1nc(CC(C)C)sc1C(=O)N(C)CCOc1ccc(Cl)cc1. The van der Waals surface area contributed by atoms with Gasteiger partial charge in [-0.2, -0.15) is 0 Å². The molecule has 0 N–H and O–H groups in total. The van der Waals surface area contributed by atoms with E-state index in [9.17, 15) is 4.79 Å². The minimum Gasteiger partial charge on any atom is -0.492 e. The van der Waals surface area contributed by atoms with Crippen molar-refractivity contribution in [1.82, 2.24) is 9.88 Å². The number of carbonyl (C=O) groups is 1. The van der Waals surface area contributed by atoms with Gasteiger partial charge in [0.25, 0.3) is 5.91 Å². The Morgan fingerprint density at radius 1 is 1.33 bits per heavy atom. The fraction of sp³-hybridized carbons (Fsp3) is 0.444. The number of nitrogens with zero attached hydrogens (tertiary/aromatic N) is 2. The van der Waals surface area contributed by atoms with Crippen molar-refractivity contribution in [2.75, 3.05) is 20.2 Å². The molecule has 0 aliphatic carbocycles. The molecular weight excluding hydrogens is 344 g/mol. The smallest absolute Gasteiger partial charge is 0.265 e. The zero-order chi connectivity index (χ0) is 17.7. The second-order valence-electron chi connectivity index (χ2n) is 6.15. The Hall–Kier alpha value is -1.59. The summed E-state index contributed by atoms with van der Waals surface area (Å²) in [7, 11) is 1.79. The molecule has 0 radical (unpaired) electrons. The lowest BCUT2D eigenvalue weighted by Gasteiger charge is -2.17. The number of aryl methyl sites for hydroxylation is 1. The second kappa shape index (κ2) is 8.49. The Kier molecular flexibility index (Phi) is 6.63. The third-order valence-electron chi connectivity index (χ3n) is 3.47. The summed E-state index contributed by atoms with van der Waals surface area (Å²) in [5.74, 6) is 1.28. The lowest BCUT2D eigenvalue weighted by molar-refractivity contribution is 0.0777. The highest BCUT2D eigenvalue weighted by molar-refractivity contribution is 7.13. The fourth-order valence-corrected chi connectivity index (χ4v) is 3.59. The van der Waals surface area contributed by atoms with Crippen molar-refractivity contribution >= 4 is 28.8 Å². The molecule has 6 heteroatoms. The molecule has 130 valence electrons. The summed E-state index contributed by atoms with van der Waals surface area (Å²) in [4.78, 5) is 19.5. The number of hydrogen-bond donors (Lipinski definition) is 0. The van der Waals surface area contributed by atoms with Gasteiger partial charge in [-0.1, -0.05) is 25.4 Å². The molecule has 0 spiro atoms. The number of carbonyl (C=O) groups excluding carboxylic acids is 1. The molecule has 2 rings (SSSR count).